The van der Waals surface area contributed by atoms with Crippen LogP contribution in [0.2, 0.25) is 0 Å². The predicted octanol–water partition coefficient (Wildman–Crippen LogP) is 1.27. The molecule has 108 valence electrons. The van der Waals surface area contributed by atoms with Crippen molar-refractivity contribution in [2.24, 2.45) is 0 Å². The fraction of sp³-hybridized carbons (Fsp3) is 0.429. The van der Waals surface area contributed by atoms with E-state index in [2.05, 4.69) is 16.0 Å². The summed E-state index contributed by atoms with van der Waals surface area (Å²) in [6.45, 7) is 2.72. The minimum Gasteiger partial charge on any atom is -0.382 e. The zero-order valence-corrected chi connectivity index (χ0v) is 11.3. The molecule has 1 heterocycles. The summed E-state index contributed by atoms with van der Waals surface area (Å²) in [6.07, 6.45) is 1.20. The van der Waals surface area contributed by atoms with E-state index in [0.29, 0.717) is 25.9 Å². The van der Waals surface area contributed by atoms with Crippen LogP contribution < -0.4 is 16.0 Å². The lowest BCUT2D eigenvalue weighted by atomic mass is 10.1. The second-order valence-electron chi connectivity index (χ2n) is 4.71. The van der Waals surface area contributed by atoms with E-state index in [9.17, 15) is 14.0 Å². The number of halogens is 1. The van der Waals surface area contributed by atoms with Crippen LogP contribution in [0.4, 0.5) is 10.1 Å². The maximum absolute atomic E-state index is 13.7. The van der Waals surface area contributed by atoms with Gasteiger partial charge in [0.15, 0.2) is 0 Å². The smallest absolute Gasteiger partial charge is 0.253 e. The Morgan fingerprint density at radius 3 is 2.95 bits per heavy atom. The molecule has 0 aromatic heterocycles. The largest absolute Gasteiger partial charge is 0.382 e. The van der Waals surface area contributed by atoms with Crippen molar-refractivity contribution in [3.8, 4) is 0 Å². The average Bonchev–Trinajstić information content (AvgIpc) is 2.84. The van der Waals surface area contributed by atoms with Crippen molar-refractivity contribution in [3.05, 3.63) is 29.6 Å². The van der Waals surface area contributed by atoms with Gasteiger partial charge in [-0.05, 0) is 25.5 Å². The zero-order chi connectivity index (χ0) is 14.5. The van der Waals surface area contributed by atoms with Gasteiger partial charge in [-0.15, -0.1) is 0 Å². The monoisotopic (exact) mass is 279 g/mol. The molecule has 0 saturated carbocycles. The minimum atomic E-state index is -0.450. The lowest BCUT2D eigenvalue weighted by molar-refractivity contribution is -0.119. The number of carbonyl (C=O) groups excluding carboxylic acids is 2. The van der Waals surface area contributed by atoms with Gasteiger partial charge < -0.3 is 16.0 Å². The first-order valence-electron chi connectivity index (χ1n) is 6.71. The average molecular weight is 279 g/mol. The fourth-order valence-corrected chi connectivity index (χ4v) is 2.21. The third kappa shape index (κ3) is 3.26. The molecule has 1 fully saturated rings. The van der Waals surface area contributed by atoms with E-state index in [1.54, 1.807) is 6.07 Å². The molecule has 5 nitrogen and oxygen atoms in total. The Bertz CT molecular complexity index is 519. The van der Waals surface area contributed by atoms with Crippen LogP contribution in [0.1, 0.15) is 30.1 Å². The van der Waals surface area contributed by atoms with Gasteiger partial charge in [-0.3, -0.25) is 9.59 Å². The third-order valence-electron chi connectivity index (χ3n) is 3.21. The number of rotatable bonds is 5. The normalized spacial score (nSPS) is 17.7. The number of carbonyl (C=O) groups is 2. The molecule has 1 aromatic rings. The maximum atomic E-state index is 13.7. The summed E-state index contributed by atoms with van der Waals surface area (Å²) in [5.74, 6) is -0.793. The van der Waals surface area contributed by atoms with Crippen molar-refractivity contribution in [3.63, 3.8) is 0 Å². The number of para-hydroxylation sites is 1. The van der Waals surface area contributed by atoms with Crippen LogP contribution in [0.5, 0.6) is 0 Å². The molecule has 3 N–H and O–H groups in total. The molecule has 0 bridgehead atoms. The summed E-state index contributed by atoms with van der Waals surface area (Å²) in [6, 6.07) is 4.35. The summed E-state index contributed by atoms with van der Waals surface area (Å²) in [7, 11) is 0. The summed E-state index contributed by atoms with van der Waals surface area (Å²) in [5.41, 5.74) is 0.485. The van der Waals surface area contributed by atoms with Gasteiger partial charge in [-0.1, -0.05) is 6.07 Å². The van der Waals surface area contributed by atoms with Gasteiger partial charge in [0.2, 0.25) is 5.91 Å². The molecule has 6 heteroatoms. The number of nitrogens with one attached hydrogen (secondary N) is 3. The molecule has 2 rings (SSSR count). The minimum absolute atomic E-state index is 0.00310. The van der Waals surface area contributed by atoms with Crippen LogP contribution in [-0.4, -0.2) is 30.9 Å². The highest BCUT2D eigenvalue weighted by Gasteiger charge is 2.22. The molecule has 0 aliphatic carbocycles. The van der Waals surface area contributed by atoms with Crippen LogP contribution in [0.15, 0.2) is 18.2 Å². The van der Waals surface area contributed by atoms with Crippen molar-refractivity contribution in [2.75, 3.05) is 18.4 Å². The van der Waals surface area contributed by atoms with E-state index in [1.807, 2.05) is 6.92 Å². The summed E-state index contributed by atoms with van der Waals surface area (Å²) in [5, 5.41) is 8.35. The zero-order valence-electron chi connectivity index (χ0n) is 11.3. The number of hydrogen-bond donors (Lipinski definition) is 3. The van der Waals surface area contributed by atoms with Crippen LogP contribution in [0.3, 0.4) is 0 Å². The second-order valence-corrected chi connectivity index (χ2v) is 4.71. The maximum Gasteiger partial charge on any atom is 0.253 e. The summed E-state index contributed by atoms with van der Waals surface area (Å²) in [4.78, 5) is 23.2. The Morgan fingerprint density at radius 1 is 1.50 bits per heavy atom. The molecule has 1 saturated heterocycles. The standard InChI is InChI=1S/C14H18FN3O2/c1-2-16-13-10(4-3-5-11(13)15)14(20)17-8-9-6-7-12(19)18-9/h3-5,9,16H,2,6-8H2,1H3,(H,17,20)(H,18,19). The molecule has 1 unspecified atom stereocenters. The van der Waals surface area contributed by atoms with E-state index >= 15 is 0 Å². The van der Waals surface area contributed by atoms with Crippen LogP contribution in [0, 0.1) is 5.82 Å². The van der Waals surface area contributed by atoms with Gasteiger partial charge in [-0.2, -0.15) is 0 Å². The Labute approximate surface area is 116 Å². The first-order valence-corrected chi connectivity index (χ1v) is 6.71. The van der Waals surface area contributed by atoms with Gasteiger partial charge in [0.1, 0.15) is 5.82 Å². The molecular formula is C14H18FN3O2. The van der Waals surface area contributed by atoms with Crippen molar-refractivity contribution >= 4 is 17.5 Å². The van der Waals surface area contributed by atoms with Gasteiger partial charge in [0.05, 0.1) is 11.3 Å². The second kappa shape index (κ2) is 6.36. The summed E-state index contributed by atoms with van der Waals surface area (Å²) >= 11 is 0. The Kier molecular flexibility index (Phi) is 4.55. The highest BCUT2D eigenvalue weighted by molar-refractivity contribution is 5.99. The summed E-state index contributed by atoms with van der Waals surface area (Å²) < 4.78 is 13.7. The molecule has 1 aliphatic heterocycles. The number of anilines is 1. The Hall–Kier alpha value is -2.11. The van der Waals surface area contributed by atoms with Crippen LogP contribution >= 0.6 is 0 Å². The molecule has 2 amide bonds. The number of amides is 2. The molecular weight excluding hydrogens is 261 g/mol. The Morgan fingerprint density at radius 2 is 2.30 bits per heavy atom. The molecule has 0 radical (unpaired) electrons. The quantitative estimate of drug-likeness (QED) is 0.760. The first kappa shape index (κ1) is 14.3. The van der Waals surface area contributed by atoms with Gasteiger partial charge in [-0.25, -0.2) is 4.39 Å². The van der Waals surface area contributed by atoms with Crippen molar-refractivity contribution in [1.82, 2.24) is 10.6 Å². The number of hydrogen-bond acceptors (Lipinski definition) is 3. The topological polar surface area (TPSA) is 70.2 Å². The Balaban J connectivity index is 2.01. The van der Waals surface area contributed by atoms with Gasteiger partial charge >= 0.3 is 0 Å². The SMILES string of the molecule is CCNc1c(F)cccc1C(=O)NCC1CCC(=O)N1. The van der Waals surface area contributed by atoms with Gasteiger partial charge in [0.25, 0.3) is 5.91 Å². The lowest BCUT2D eigenvalue weighted by Gasteiger charge is -2.14. The van der Waals surface area contributed by atoms with E-state index in [0.717, 1.165) is 0 Å². The van der Waals surface area contributed by atoms with Crippen molar-refractivity contribution in [2.45, 2.75) is 25.8 Å². The lowest BCUT2D eigenvalue weighted by Crippen LogP contribution is -2.38. The van der Waals surface area contributed by atoms with Crippen LogP contribution in [-0.2, 0) is 4.79 Å². The number of benzene rings is 1. The van der Waals surface area contributed by atoms with E-state index in [4.69, 9.17) is 0 Å². The van der Waals surface area contributed by atoms with Crippen molar-refractivity contribution < 1.29 is 14.0 Å². The van der Waals surface area contributed by atoms with E-state index in [1.165, 1.54) is 12.1 Å². The van der Waals surface area contributed by atoms with Crippen LogP contribution in [0.25, 0.3) is 0 Å². The van der Waals surface area contributed by atoms with Crippen molar-refractivity contribution in [1.29, 1.82) is 0 Å². The van der Waals surface area contributed by atoms with E-state index < -0.39 is 5.82 Å². The molecule has 1 aromatic carbocycles. The molecule has 1 aliphatic rings. The van der Waals surface area contributed by atoms with E-state index in [-0.39, 0.29) is 29.1 Å². The highest BCUT2D eigenvalue weighted by atomic mass is 19.1. The van der Waals surface area contributed by atoms with Gasteiger partial charge in [0, 0.05) is 25.6 Å². The first-order chi connectivity index (χ1) is 9.61. The molecule has 20 heavy (non-hydrogen) atoms. The molecule has 0 spiro atoms. The third-order valence-corrected chi connectivity index (χ3v) is 3.21. The fourth-order valence-electron chi connectivity index (χ4n) is 2.21. The molecule has 1 atom stereocenters. The highest BCUT2D eigenvalue weighted by Crippen LogP contribution is 2.19. The predicted molar refractivity (Wildman–Crippen MR) is 74.1 cm³/mol.